The van der Waals surface area contributed by atoms with Gasteiger partial charge in [-0.3, -0.25) is 4.79 Å². The fraction of sp³-hybridized carbons (Fsp3) is 0.556. The lowest BCUT2D eigenvalue weighted by Gasteiger charge is -2.21. The minimum absolute atomic E-state index is 0.0353. The van der Waals surface area contributed by atoms with E-state index in [0.717, 1.165) is 17.7 Å². The summed E-state index contributed by atoms with van der Waals surface area (Å²) in [6, 6.07) is 6.40. The molecule has 1 amide bonds. The second-order valence-electron chi connectivity index (χ2n) is 6.81. The molecule has 1 aromatic carbocycles. The molecule has 0 bridgehead atoms. The van der Waals surface area contributed by atoms with Gasteiger partial charge in [0.15, 0.2) is 0 Å². The summed E-state index contributed by atoms with van der Waals surface area (Å²) in [5.74, 6) is -0.519. The zero-order valence-electron chi connectivity index (χ0n) is 14.4. The van der Waals surface area contributed by atoms with Gasteiger partial charge in [0.1, 0.15) is 11.8 Å². The minimum atomic E-state index is -0.991. The Hall–Kier alpha value is -2.04. The van der Waals surface area contributed by atoms with Crippen molar-refractivity contribution in [3.05, 3.63) is 29.8 Å². The average Bonchev–Trinajstić information content (AvgIpc) is 2.44. The van der Waals surface area contributed by atoms with E-state index in [0.29, 0.717) is 13.0 Å². The second kappa shape index (κ2) is 8.56. The first-order chi connectivity index (χ1) is 10.7. The molecule has 23 heavy (non-hydrogen) atoms. The molecule has 1 unspecified atom stereocenters. The van der Waals surface area contributed by atoms with Gasteiger partial charge in [-0.25, -0.2) is 4.79 Å². The number of rotatable bonds is 8. The van der Waals surface area contributed by atoms with Gasteiger partial charge >= 0.3 is 5.97 Å². The zero-order valence-corrected chi connectivity index (χ0v) is 14.4. The van der Waals surface area contributed by atoms with Crippen LogP contribution in [0.4, 0.5) is 0 Å². The zero-order chi connectivity index (χ0) is 17.5. The van der Waals surface area contributed by atoms with E-state index in [9.17, 15) is 14.7 Å². The number of carboxylic acids is 1. The van der Waals surface area contributed by atoms with E-state index in [1.165, 1.54) is 0 Å². The molecule has 0 saturated heterocycles. The number of ether oxygens (including phenoxy) is 1. The highest BCUT2D eigenvalue weighted by Gasteiger charge is 2.22. The summed E-state index contributed by atoms with van der Waals surface area (Å²) in [6.45, 7) is 8.65. The van der Waals surface area contributed by atoms with E-state index in [4.69, 9.17) is 4.74 Å². The molecule has 128 valence electrons. The van der Waals surface area contributed by atoms with E-state index in [-0.39, 0.29) is 17.7 Å². The standard InChI is InChI=1S/C18H27NO4/c1-5-23-14-8-6-13(7-9-14)12-16(20)19-15(17(21)22)10-11-18(2,3)4/h6-9,15H,5,10-12H2,1-4H3,(H,19,20)(H,21,22). The predicted molar refractivity (Wildman–Crippen MR) is 89.6 cm³/mol. The Bertz CT molecular complexity index is 517. The lowest BCUT2D eigenvalue weighted by Crippen LogP contribution is -2.42. The third-order valence-electron chi connectivity index (χ3n) is 3.42. The largest absolute Gasteiger partial charge is 0.494 e. The molecular weight excluding hydrogens is 294 g/mol. The first-order valence-corrected chi connectivity index (χ1v) is 7.95. The highest BCUT2D eigenvalue weighted by molar-refractivity contribution is 5.84. The first-order valence-electron chi connectivity index (χ1n) is 7.95. The van der Waals surface area contributed by atoms with Crippen molar-refractivity contribution < 1.29 is 19.4 Å². The van der Waals surface area contributed by atoms with Crippen LogP contribution in [0.3, 0.4) is 0 Å². The number of carbonyl (C=O) groups is 2. The van der Waals surface area contributed by atoms with Crippen molar-refractivity contribution in [3.8, 4) is 5.75 Å². The van der Waals surface area contributed by atoms with Gasteiger partial charge in [0.05, 0.1) is 13.0 Å². The minimum Gasteiger partial charge on any atom is -0.494 e. The number of aliphatic carboxylic acids is 1. The molecular formula is C18H27NO4. The van der Waals surface area contributed by atoms with Crippen LogP contribution in [0.1, 0.15) is 46.1 Å². The summed E-state index contributed by atoms with van der Waals surface area (Å²) < 4.78 is 5.35. The van der Waals surface area contributed by atoms with Crippen LogP contribution in [0.15, 0.2) is 24.3 Å². The molecule has 0 saturated carbocycles. The van der Waals surface area contributed by atoms with E-state index in [1.54, 1.807) is 12.1 Å². The lowest BCUT2D eigenvalue weighted by atomic mass is 9.88. The molecule has 1 rings (SSSR count). The van der Waals surface area contributed by atoms with Gasteiger partial charge < -0.3 is 15.2 Å². The molecule has 0 heterocycles. The van der Waals surface area contributed by atoms with E-state index < -0.39 is 12.0 Å². The number of carbonyl (C=O) groups excluding carboxylic acids is 1. The number of benzene rings is 1. The fourth-order valence-corrected chi connectivity index (χ4v) is 2.14. The summed E-state index contributed by atoms with van der Waals surface area (Å²) in [5.41, 5.74) is 0.860. The molecule has 1 atom stereocenters. The lowest BCUT2D eigenvalue weighted by molar-refractivity contribution is -0.142. The predicted octanol–water partition coefficient (Wildman–Crippen LogP) is 3.02. The van der Waals surface area contributed by atoms with Crippen LogP contribution in [0.5, 0.6) is 5.75 Å². The molecule has 0 radical (unpaired) electrons. The number of hydrogen-bond acceptors (Lipinski definition) is 3. The van der Waals surface area contributed by atoms with Gasteiger partial charge in [0.25, 0.3) is 0 Å². The first kappa shape index (κ1) is 19.0. The summed E-state index contributed by atoms with van der Waals surface area (Å²) in [4.78, 5) is 23.3. The molecule has 0 spiro atoms. The smallest absolute Gasteiger partial charge is 0.326 e. The maximum Gasteiger partial charge on any atom is 0.326 e. The van der Waals surface area contributed by atoms with Crippen LogP contribution in [0.2, 0.25) is 0 Å². The number of carboxylic acid groups (broad SMARTS) is 1. The van der Waals surface area contributed by atoms with Gasteiger partial charge in [0, 0.05) is 0 Å². The van der Waals surface area contributed by atoms with Crippen LogP contribution < -0.4 is 10.1 Å². The van der Waals surface area contributed by atoms with Crippen molar-refractivity contribution in [2.24, 2.45) is 5.41 Å². The summed E-state index contributed by atoms with van der Waals surface area (Å²) >= 11 is 0. The van der Waals surface area contributed by atoms with Crippen molar-refractivity contribution in [1.82, 2.24) is 5.32 Å². The maximum absolute atomic E-state index is 12.1. The summed E-state index contributed by atoms with van der Waals surface area (Å²) in [6.07, 6.45) is 1.31. The third-order valence-corrected chi connectivity index (χ3v) is 3.42. The van der Waals surface area contributed by atoms with Crippen molar-refractivity contribution in [3.63, 3.8) is 0 Å². The fourth-order valence-electron chi connectivity index (χ4n) is 2.14. The van der Waals surface area contributed by atoms with Crippen molar-refractivity contribution >= 4 is 11.9 Å². The number of amides is 1. The Balaban J connectivity index is 2.56. The molecule has 5 heteroatoms. The van der Waals surface area contributed by atoms with Gasteiger partial charge in [0.2, 0.25) is 5.91 Å². The normalized spacial score (nSPS) is 12.5. The van der Waals surface area contributed by atoms with E-state index in [1.807, 2.05) is 39.8 Å². The van der Waals surface area contributed by atoms with Gasteiger partial charge in [-0.2, -0.15) is 0 Å². The van der Waals surface area contributed by atoms with Crippen molar-refractivity contribution in [2.75, 3.05) is 6.61 Å². The molecule has 1 aromatic rings. The average molecular weight is 321 g/mol. The summed E-state index contributed by atoms with van der Waals surface area (Å²) in [7, 11) is 0. The summed E-state index contributed by atoms with van der Waals surface area (Å²) in [5, 5.41) is 11.9. The molecule has 0 aliphatic heterocycles. The Labute approximate surface area is 138 Å². The Kier molecular flexibility index (Phi) is 7.07. The number of hydrogen-bond donors (Lipinski definition) is 2. The van der Waals surface area contributed by atoms with Gasteiger partial charge in [-0.15, -0.1) is 0 Å². The Morgan fingerprint density at radius 3 is 2.30 bits per heavy atom. The highest BCUT2D eigenvalue weighted by Crippen LogP contribution is 2.21. The molecule has 0 aromatic heterocycles. The van der Waals surface area contributed by atoms with E-state index in [2.05, 4.69) is 5.32 Å². The monoisotopic (exact) mass is 321 g/mol. The molecule has 2 N–H and O–H groups in total. The molecule has 0 aliphatic carbocycles. The van der Waals surface area contributed by atoms with Gasteiger partial charge in [-0.1, -0.05) is 32.9 Å². The molecule has 0 fully saturated rings. The maximum atomic E-state index is 12.1. The van der Waals surface area contributed by atoms with Gasteiger partial charge in [-0.05, 0) is 42.9 Å². The van der Waals surface area contributed by atoms with E-state index >= 15 is 0 Å². The Morgan fingerprint density at radius 2 is 1.83 bits per heavy atom. The van der Waals surface area contributed by atoms with Crippen LogP contribution in [-0.4, -0.2) is 29.6 Å². The van der Waals surface area contributed by atoms with Crippen molar-refractivity contribution in [2.45, 2.75) is 53.0 Å². The Morgan fingerprint density at radius 1 is 1.22 bits per heavy atom. The third kappa shape index (κ3) is 7.68. The molecule has 5 nitrogen and oxygen atoms in total. The van der Waals surface area contributed by atoms with Crippen LogP contribution in [0, 0.1) is 5.41 Å². The van der Waals surface area contributed by atoms with Crippen LogP contribution >= 0.6 is 0 Å². The number of nitrogens with one attached hydrogen (secondary N) is 1. The molecule has 0 aliphatic rings. The topological polar surface area (TPSA) is 75.6 Å². The van der Waals surface area contributed by atoms with Crippen molar-refractivity contribution in [1.29, 1.82) is 0 Å². The SMILES string of the molecule is CCOc1ccc(CC(=O)NC(CCC(C)(C)C)C(=O)O)cc1. The van der Waals surface area contributed by atoms with Crippen LogP contribution in [0.25, 0.3) is 0 Å². The van der Waals surface area contributed by atoms with Crippen LogP contribution in [-0.2, 0) is 16.0 Å². The highest BCUT2D eigenvalue weighted by atomic mass is 16.5. The quantitative estimate of drug-likeness (QED) is 0.771. The second-order valence-corrected chi connectivity index (χ2v) is 6.81.